The Labute approximate surface area is 262 Å². The molecule has 0 saturated carbocycles. The van der Waals surface area contributed by atoms with Gasteiger partial charge in [0.25, 0.3) is 0 Å². The molecule has 5 atom stereocenters. The van der Waals surface area contributed by atoms with Crippen LogP contribution in [0, 0.1) is 0 Å². The Morgan fingerprint density at radius 3 is 2.06 bits per heavy atom. The summed E-state index contributed by atoms with van der Waals surface area (Å²) in [5.74, 6) is -6.73. The van der Waals surface area contributed by atoms with Crippen LogP contribution in [0.2, 0.25) is 0 Å². The van der Waals surface area contributed by atoms with E-state index in [-0.39, 0.29) is 34.0 Å². The number of esters is 1. The number of rotatable bonds is 8. The summed E-state index contributed by atoms with van der Waals surface area (Å²) < 4.78 is 31.8. The summed E-state index contributed by atoms with van der Waals surface area (Å²) in [4.78, 5) is 25.5. The monoisotopic (exact) mass is 660 g/mol. The van der Waals surface area contributed by atoms with Gasteiger partial charge in [-0.3, -0.25) is 4.79 Å². The highest BCUT2D eigenvalue weighted by Crippen LogP contribution is 2.44. The zero-order chi connectivity index (χ0) is 34.3. The molecule has 5 rings (SSSR count). The summed E-state index contributed by atoms with van der Waals surface area (Å²) in [6.45, 7) is -0.706. The number of methoxy groups -OCH3 is 2. The lowest BCUT2D eigenvalue weighted by Gasteiger charge is -2.40. The van der Waals surface area contributed by atoms with Gasteiger partial charge in [0.2, 0.25) is 29.0 Å². The molecule has 1 fully saturated rings. The van der Waals surface area contributed by atoms with Crippen LogP contribution in [0.3, 0.4) is 0 Å². The lowest BCUT2D eigenvalue weighted by atomic mass is 9.99. The van der Waals surface area contributed by atoms with Crippen molar-refractivity contribution in [3.8, 4) is 63.1 Å². The second-order valence-corrected chi connectivity index (χ2v) is 10.2. The molecule has 1 aromatic heterocycles. The van der Waals surface area contributed by atoms with E-state index in [0.717, 1.165) is 36.4 Å². The second kappa shape index (κ2) is 12.6. The maximum atomic E-state index is 12.8. The number of hydrogen-bond acceptors (Lipinski definition) is 17. The van der Waals surface area contributed by atoms with Crippen LogP contribution in [0.1, 0.15) is 10.4 Å². The molecule has 250 valence electrons. The van der Waals surface area contributed by atoms with Gasteiger partial charge in [-0.2, -0.15) is 0 Å². The van der Waals surface area contributed by atoms with E-state index in [9.17, 15) is 55.5 Å². The van der Waals surface area contributed by atoms with Crippen molar-refractivity contribution in [2.75, 3.05) is 20.8 Å². The Morgan fingerprint density at radius 2 is 1.43 bits per heavy atom. The van der Waals surface area contributed by atoms with Gasteiger partial charge in [0, 0.05) is 17.7 Å². The molecule has 0 spiro atoms. The van der Waals surface area contributed by atoms with Crippen LogP contribution in [0.4, 0.5) is 0 Å². The molecule has 9 N–H and O–H groups in total. The van der Waals surface area contributed by atoms with Gasteiger partial charge in [0.15, 0.2) is 28.8 Å². The van der Waals surface area contributed by atoms with Gasteiger partial charge in [-0.25, -0.2) is 4.79 Å². The minimum Gasteiger partial charge on any atom is -0.508 e. The van der Waals surface area contributed by atoms with Gasteiger partial charge in [-0.05, 0) is 24.3 Å². The highest BCUT2D eigenvalue weighted by Gasteiger charge is 2.46. The number of fused-ring (bicyclic) bond motifs is 1. The van der Waals surface area contributed by atoms with E-state index in [0.29, 0.717) is 0 Å². The predicted octanol–water partition coefficient (Wildman–Crippen LogP) is 0.754. The second-order valence-electron chi connectivity index (χ2n) is 10.2. The molecule has 2 heterocycles. The molecule has 1 aliphatic heterocycles. The van der Waals surface area contributed by atoms with Crippen molar-refractivity contribution in [2.45, 2.75) is 30.7 Å². The third-order valence-corrected chi connectivity index (χ3v) is 7.26. The van der Waals surface area contributed by atoms with Crippen LogP contribution in [-0.4, -0.2) is 103 Å². The van der Waals surface area contributed by atoms with Gasteiger partial charge in [0.1, 0.15) is 53.5 Å². The van der Waals surface area contributed by atoms with Crippen LogP contribution >= 0.6 is 0 Å². The summed E-state index contributed by atoms with van der Waals surface area (Å²) in [6, 6.07) is 5.99. The van der Waals surface area contributed by atoms with Gasteiger partial charge in [-0.1, -0.05) is 0 Å². The molecular weight excluding hydrogens is 632 g/mol. The molecule has 4 aromatic rings. The van der Waals surface area contributed by atoms with Crippen molar-refractivity contribution >= 4 is 16.9 Å². The topological polar surface area (TPSA) is 275 Å². The number of aromatic hydroxyl groups is 6. The minimum atomic E-state index is -1.97. The number of aliphatic hydroxyl groups is 3. The van der Waals surface area contributed by atoms with Crippen LogP contribution in [0.25, 0.3) is 22.3 Å². The summed E-state index contributed by atoms with van der Waals surface area (Å²) in [6.07, 6.45) is -9.12. The first-order valence-corrected chi connectivity index (χ1v) is 13.5. The van der Waals surface area contributed by atoms with Crippen LogP contribution in [-0.2, 0) is 9.47 Å². The largest absolute Gasteiger partial charge is 0.508 e. The minimum absolute atomic E-state index is 0.102. The summed E-state index contributed by atoms with van der Waals surface area (Å²) in [5, 5.41) is 92.5. The van der Waals surface area contributed by atoms with Gasteiger partial charge < -0.3 is 74.1 Å². The maximum absolute atomic E-state index is 12.8. The number of benzene rings is 3. The molecule has 17 heteroatoms. The molecule has 17 nitrogen and oxygen atoms in total. The van der Waals surface area contributed by atoms with E-state index >= 15 is 0 Å². The summed E-state index contributed by atoms with van der Waals surface area (Å²) in [5.41, 5.74) is -1.84. The zero-order valence-corrected chi connectivity index (χ0v) is 24.3. The highest BCUT2D eigenvalue weighted by molar-refractivity contribution is 5.91. The number of hydrogen-bond donors (Lipinski definition) is 9. The van der Waals surface area contributed by atoms with Crippen LogP contribution in [0.5, 0.6) is 51.7 Å². The van der Waals surface area contributed by atoms with E-state index in [4.69, 9.17) is 28.1 Å². The molecule has 0 unspecified atom stereocenters. The Bertz CT molecular complexity index is 1880. The van der Waals surface area contributed by atoms with E-state index in [1.54, 1.807) is 0 Å². The molecule has 0 aliphatic carbocycles. The standard InChI is InChI=1S/C30H28O17/c1-42-16-5-11(6-17(43-2)22(16)35)29(41)44-9-19-23(36)25(38)27(40)30(47-19)46-18-4-10(3-14(33)21(18)34)28-26(39)24(37)20-13(32)7-12(31)8-15(20)45-28/h3-8,19,23,25,27,30-36,38-40H,9H2,1-2H3/t19-,23-,25+,27-,30-/m1/s1. The van der Waals surface area contributed by atoms with E-state index in [2.05, 4.69) is 0 Å². The average Bonchev–Trinajstić information content (AvgIpc) is 3.03. The Kier molecular flexibility index (Phi) is 8.81. The molecule has 3 aromatic carbocycles. The lowest BCUT2D eigenvalue weighted by molar-refractivity contribution is -0.277. The molecule has 0 radical (unpaired) electrons. The average molecular weight is 661 g/mol. The molecule has 1 saturated heterocycles. The highest BCUT2D eigenvalue weighted by atomic mass is 16.7. The van der Waals surface area contributed by atoms with Crippen molar-refractivity contribution in [3.63, 3.8) is 0 Å². The van der Waals surface area contributed by atoms with Crippen LogP contribution < -0.4 is 19.6 Å². The van der Waals surface area contributed by atoms with Crippen molar-refractivity contribution in [2.24, 2.45) is 0 Å². The van der Waals surface area contributed by atoms with E-state index in [1.807, 2.05) is 0 Å². The van der Waals surface area contributed by atoms with Crippen molar-refractivity contribution in [3.05, 3.63) is 52.2 Å². The van der Waals surface area contributed by atoms with E-state index in [1.165, 1.54) is 14.2 Å². The third-order valence-electron chi connectivity index (χ3n) is 7.26. The summed E-state index contributed by atoms with van der Waals surface area (Å²) in [7, 11) is 2.49. The number of phenolic OH excluding ortho intramolecular Hbond substituents is 5. The number of phenols is 5. The number of carbonyl (C=O) groups excluding carboxylic acids is 1. The quantitative estimate of drug-likeness (QED) is 0.0931. The number of carbonyl (C=O) groups is 1. The first-order valence-electron chi connectivity index (χ1n) is 13.5. The Hall–Kier alpha value is -5.62. The SMILES string of the molecule is COc1cc(C(=O)OC[C@H]2O[C@@H](Oc3cc(-c4oc5cc(O)cc(O)c5c(=O)c4O)cc(O)c3O)[C@H](O)[C@@H](O)[C@@H]2O)cc(OC)c1O. The maximum Gasteiger partial charge on any atom is 0.338 e. The van der Waals surface area contributed by atoms with Crippen molar-refractivity contribution in [1.82, 2.24) is 0 Å². The summed E-state index contributed by atoms with van der Waals surface area (Å²) >= 11 is 0. The first kappa shape index (κ1) is 32.8. The van der Waals surface area contributed by atoms with Crippen molar-refractivity contribution < 1.29 is 78.9 Å². The third kappa shape index (κ3) is 6.02. The molecule has 47 heavy (non-hydrogen) atoms. The first-order chi connectivity index (χ1) is 22.2. The molecule has 0 bridgehead atoms. The fourth-order valence-electron chi connectivity index (χ4n) is 4.81. The van der Waals surface area contributed by atoms with Crippen LogP contribution in [0.15, 0.2) is 45.6 Å². The fraction of sp³-hybridized carbons (Fsp3) is 0.267. The Morgan fingerprint density at radius 1 is 0.766 bits per heavy atom. The Balaban J connectivity index is 1.41. The normalized spacial score (nSPS) is 20.9. The number of aliphatic hydroxyl groups excluding tert-OH is 3. The lowest BCUT2D eigenvalue weighted by Crippen LogP contribution is -2.60. The van der Waals surface area contributed by atoms with Crippen molar-refractivity contribution in [1.29, 1.82) is 0 Å². The molecule has 0 amide bonds. The number of ether oxygens (including phenoxy) is 5. The predicted molar refractivity (Wildman–Crippen MR) is 155 cm³/mol. The van der Waals surface area contributed by atoms with E-state index < -0.39 is 94.4 Å². The zero-order valence-electron chi connectivity index (χ0n) is 24.3. The van der Waals surface area contributed by atoms with Gasteiger partial charge >= 0.3 is 5.97 Å². The van der Waals surface area contributed by atoms with Gasteiger partial charge in [-0.15, -0.1) is 0 Å². The van der Waals surface area contributed by atoms with Gasteiger partial charge in [0.05, 0.1) is 19.8 Å². The molecular formula is C30H28O17. The fourth-order valence-corrected chi connectivity index (χ4v) is 4.81. The smallest absolute Gasteiger partial charge is 0.338 e. The molecule has 1 aliphatic rings.